The maximum atomic E-state index is 11.4. The summed E-state index contributed by atoms with van der Waals surface area (Å²) in [4.78, 5) is 22.9. The predicted molar refractivity (Wildman–Crippen MR) is 122 cm³/mol. The van der Waals surface area contributed by atoms with Crippen molar-refractivity contribution < 1.29 is 14.3 Å². The Labute approximate surface area is 187 Å². The van der Waals surface area contributed by atoms with Crippen LogP contribution in [-0.2, 0) is 14.3 Å². The Kier molecular flexibility index (Phi) is 13.0. The molecule has 8 nitrogen and oxygen atoms in total. The molecule has 2 heterocycles. The summed E-state index contributed by atoms with van der Waals surface area (Å²) in [5.74, 6) is 1.75. The number of hydrogen-bond donors (Lipinski definition) is 1. The van der Waals surface area contributed by atoms with Gasteiger partial charge < -0.3 is 24.6 Å². The van der Waals surface area contributed by atoms with Crippen LogP contribution in [0.15, 0.2) is 4.99 Å². The highest BCUT2D eigenvalue weighted by Gasteiger charge is 2.25. The third-order valence-electron chi connectivity index (χ3n) is 5.20. The molecule has 0 radical (unpaired) electrons. The number of carbonyl (C=O) groups excluding carboxylic acids is 1. The summed E-state index contributed by atoms with van der Waals surface area (Å²) in [6, 6.07) is 0. The van der Waals surface area contributed by atoms with Crippen LogP contribution in [0.25, 0.3) is 0 Å². The van der Waals surface area contributed by atoms with Gasteiger partial charge in [-0.3, -0.25) is 14.7 Å². The first kappa shape index (κ1) is 25.4. The van der Waals surface area contributed by atoms with Crippen molar-refractivity contribution in [2.75, 3.05) is 85.8 Å². The molecule has 0 spiro atoms. The van der Waals surface area contributed by atoms with Crippen LogP contribution in [0.3, 0.4) is 0 Å². The number of likely N-dealkylation sites (tertiary alicyclic amines) is 1. The van der Waals surface area contributed by atoms with Gasteiger partial charge in [0, 0.05) is 72.3 Å². The van der Waals surface area contributed by atoms with Gasteiger partial charge in [0.1, 0.15) is 0 Å². The first-order valence-electron chi connectivity index (χ1n) is 10.2. The van der Waals surface area contributed by atoms with E-state index in [-0.39, 0.29) is 29.9 Å². The molecule has 0 saturated carbocycles. The molecule has 1 amide bonds. The normalized spacial score (nSPS) is 21.0. The van der Waals surface area contributed by atoms with Crippen LogP contribution < -0.4 is 5.32 Å². The number of amides is 1. The molecule has 9 heteroatoms. The minimum Gasteiger partial charge on any atom is -0.382 e. The summed E-state index contributed by atoms with van der Waals surface area (Å²) in [6.45, 7) is 14.0. The molecule has 2 fully saturated rings. The van der Waals surface area contributed by atoms with Crippen LogP contribution in [0.4, 0.5) is 0 Å². The second-order valence-corrected chi connectivity index (χ2v) is 7.25. The van der Waals surface area contributed by atoms with E-state index in [1.54, 1.807) is 14.0 Å². The number of hydrogen-bond acceptors (Lipinski definition) is 5. The van der Waals surface area contributed by atoms with Gasteiger partial charge >= 0.3 is 0 Å². The van der Waals surface area contributed by atoms with E-state index in [0.29, 0.717) is 19.1 Å². The molecule has 0 aliphatic carbocycles. The molecule has 1 unspecified atom stereocenters. The van der Waals surface area contributed by atoms with Gasteiger partial charge in [-0.15, -0.1) is 24.0 Å². The van der Waals surface area contributed by atoms with Gasteiger partial charge in [0.2, 0.25) is 5.91 Å². The molecular weight excluding hydrogens is 473 g/mol. The molecule has 2 rings (SSSR count). The molecule has 0 aromatic rings. The summed E-state index contributed by atoms with van der Waals surface area (Å²) < 4.78 is 10.7. The number of methoxy groups -OCH3 is 1. The fourth-order valence-electron chi connectivity index (χ4n) is 3.56. The minimum absolute atomic E-state index is 0. The molecule has 1 atom stereocenters. The Morgan fingerprint density at radius 2 is 1.89 bits per heavy atom. The standard InChI is InChI=1S/C19H37N5O3.HI/c1-4-20-19(24-7-5-18(15-24)16-27-14-13-26-3)21-6-8-22-9-11-23(12-10-22)17(2)25;/h18H,4-16H2,1-3H3,(H,20,21);1H. The highest BCUT2D eigenvalue weighted by atomic mass is 127. The lowest BCUT2D eigenvalue weighted by atomic mass is 10.1. The van der Waals surface area contributed by atoms with E-state index in [9.17, 15) is 4.79 Å². The zero-order valence-electron chi connectivity index (χ0n) is 17.7. The fraction of sp³-hybridized carbons (Fsp3) is 0.895. The van der Waals surface area contributed by atoms with Crippen molar-refractivity contribution in [1.29, 1.82) is 0 Å². The Balaban J connectivity index is 0.00000392. The zero-order valence-corrected chi connectivity index (χ0v) is 20.0. The molecule has 2 aliphatic heterocycles. The minimum atomic E-state index is 0. The van der Waals surface area contributed by atoms with Crippen LogP contribution in [0.2, 0.25) is 0 Å². The molecular formula is C19H38IN5O3. The van der Waals surface area contributed by atoms with Crippen molar-refractivity contribution in [3.05, 3.63) is 0 Å². The molecule has 1 N–H and O–H groups in total. The maximum Gasteiger partial charge on any atom is 0.219 e. The number of carbonyl (C=O) groups is 1. The lowest BCUT2D eigenvalue weighted by Gasteiger charge is -2.33. The average Bonchev–Trinajstić information content (AvgIpc) is 3.14. The van der Waals surface area contributed by atoms with Gasteiger partial charge in [0.05, 0.1) is 26.4 Å². The van der Waals surface area contributed by atoms with Gasteiger partial charge in [0.25, 0.3) is 0 Å². The Hall–Kier alpha value is -0.650. The number of piperazine rings is 1. The Bertz CT molecular complexity index is 472. The van der Waals surface area contributed by atoms with Crippen LogP contribution in [0, 0.1) is 5.92 Å². The third-order valence-corrected chi connectivity index (χ3v) is 5.20. The molecule has 2 saturated heterocycles. The molecule has 0 bridgehead atoms. The number of guanidine groups is 1. The van der Waals surface area contributed by atoms with Crippen LogP contribution in [0.1, 0.15) is 20.3 Å². The number of nitrogens with zero attached hydrogens (tertiary/aromatic N) is 4. The highest BCUT2D eigenvalue weighted by molar-refractivity contribution is 14.0. The Morgan fingerprint density at radius 3 is 2.54 bits per heavy atom. The lowest BCUT2D eigenvalue weighted by Crippen LogP contribution is -2.48. The van der Waals surface area contributed by atoms with Gasteiger partial charge in [-0.05, 0) is 13.3 Å². The quantitative estimate of drug-likeness (QED) is 0.213. The number of aliphatic imine (C=N–C) groups is 1. The third kappa shape index (κ3) is 8.79. The van der Waals surface area contributed by atoms with Crippen LogP contribution in [0.5, 0.6) is 0 Å². The summed E-state index contributed by atoms with van der Waals surface area (Å²) in [6.07, 6.45) is 1.14. The largest absolute Gasteiger partial charge is 0.382 e. The molecule has 164 valence electrons. The van der Waals surface area contributed by atoms with Crippen molar-refractivity contribution in [3.63, 3.8) is 0 Å². The smallest absolute Gasteiger partial charge is 0.219 e. The fourth-order valence-corrected chi connectivity index (χ4v) is 3.56. The number of nitrogens with one attached hydrogen (secondary N) is 1. The van der Waals surface area contributed by atoms with E-state index in [1.165, 1.54) is 0 Å². The highest BCUT2D eigenvalue weighted by Crippen LogP contribution is 2.16. The predicted octanol–water partition coefficient (Wildman–Crippen LogP) is 0.719. The number of ether oxygens (including phenoxy) is 2. The summed E-state index contributed by atoms with van der Waals surface area (Å²) in [7, 11) is 1.70. The molecule has 2 aliphatic rings. The Morgan fingerprint density at radius 1 is 1.14 bits per heavy atom. The van der Waals surface area contributed by atoms with Gasteiger partial charge in [-0.25, -0.2) is 0 Å². The lowest BCUT2D eigenvalue weighted by molar-refractivity contribution is -0.130. The van der Waals surface area contributed by atoms with Gasteiger partial charge in [-0.1, -0.05) is 0 Å². The number of halogens is 1. The van der Waals surface area contributed by atoms with Crippen molar-refractivity contribution in [3.8, 4) is 0 Å². The summed E-state index contributed by atoms with van der Waals surface area (Å²) in [5.41, 5.74) is 0. The van der Waals surface area contributed by atoms with Gasteiger partial charge in [-0.2, -0.15) is 0 Å². The number of rotatable bonds is 9. The van der Waals surface area contributed by atoms with E-state index in [0.717, 1.165) is 77.9 Å². The van der Waals surface area contributed by atoms with E-state index in [1.807, 2.05) is 4.90 Å². The van der Waals surface area contributed by atoms with E-state index in [4.69, 9.17) is 14.5 Å². The zero-order chi connectivity index (χ0) is 19.5. The first-order chi connectivity index (χ1) is 13.1. The van der Waals surface area contributed by atoms with Crippen molar-refractivity contribution in [1.82, 2.24) is 20.0 Å². The molecule has 28 heavy (non-hydrogen) atoms. The second-order valence-electron chi connectivity index (χ2n) is 7.25. The SMILES string of the molecule is CCNC(=NCCN1CCN(C(C)=O)CC1)N1CCC(COCCOC)C1.I. The summed E-state index contributed by atoms with van der Waals surface area (Å²) >= 11 is 0. The van der Waals surface area contributed by atoms with Crippen molar-refractivity contribution in [2.45, 2.75) is 20.3 Å². The van der Waals surface area contributed by atoms with E-state index < -0.39 is 0 Å². The summed E-state index contributed by atoms with van der Waals surface area (Å²) in [5, 5.41) is 3.42. The van der Waals surface area contributed by atoms with Gasteiger partial charge in [0.15, 0.2) is 5.96 Å². The monoisotopic (exact) mass is 511 g/mol. The van der Waals surface area contributed by atoms with Crippen molar-refractivity contribution in [2.24, 2.45) is 10.9 Å². The molecule has 0 aromatic carbocycles. The first-order valence-corrected chi connectivity index (χ1v) is 10.2. The maximum absolute atomic E-state index is 11.4. The second kappa shape index (κ2) is 14.4. The average molecular weight is 511 g/mol. The van der Waals surface area contributed by atoms with E-state index in [2.05, 4.69) is 22.0 Å². The van der Waals surface area contributed by atoms with Crippen LogP contribution >= 0.6 is 24.0 Å². The van der Waals surface area contributed by atoms with Crippen LogP contribution in [-0.4, -0.2) is 112 Å². The molecule has 0 aromatic heterocycles. The van der Waals surface area contributed by atoms with Crippen molar-refractivity contribution >= 4 is 35.8 Å². The van der Waals surface area contributed by atoms with E-state index >= 15 is 0 Å². The topological polar surface area (TPSA) is 69.6 Å².